The molecule has 0 aromatic heterocycles. The van der Waals surface area contributed by atoms with E-state index in [4.69, 9.17) is 5.73 Å². The summed E-state index contributed by atoms with van der Waals surface area (Å²) in [7, 11) is 7.33. The molecule has 26 heavy (non-hydrogen) atoms. The van der Waals surface area contributed by atoms with Crippen LogP contribution in [0.5, 0.6) is 0 Å². The Kier molecular flexibility index (Phi) is 15.2. The summed E-state index contributed by atoms with van der Waals surface area (Å²) in [5.74, 6) is -0.123. The van der Waals surface area contributed by atoms with Gasteiger partial charge in [0.05, 0.1) is 12.1 Å². The molecule has 0 unspecified atom stereocenters. The van der Waals surface area contributed by atoms with Crippen LogP contribution in [0, 0.1) is 0 Å². The maximum absolute atomic E-state index is 12.3. The second-order valence-corrected chi connectivity index (χ2v) is 6.33. The first-order valence-corrected chi connectivity index (χ1v) is 9.45. The maximum atomic E-state index is 12.3. The second-order valence-electron chi connectivity index (χ2n) is 6.33. The third-order valence-electron chi connectivity index (χ3n) is 4.44. The van der Waals surface area contributed by atoms with E-state index < -0.39 is 0 Å². The van der Waals surface area contributed by atoms with Crippen LogP contribution in [0.1, 0.15) is 25.7 Å². The Hall–Kier alpha value is -1.26. The highest BCUT2D eigenvalue weighted by Crippen LogP contribution is 1.99. The number of hydrogen-bond donors (Lipinski definition) is 7. The fraction of sp³-hybridized carbons (Fsp3) is 0.882. The molecule has 9 heteroatoms. The zero-order valence-corrected chi connectivity index (χ0v) is 16.8. The summed E-state index contributed by atoms with van der Waals surface area (Å²) in [5, 5.41) is 18.1. The lowest BCUT2D eigenvalue weighted by Crippen LogP contribution is -2.48. The quantitative estimate of drug-likeness (QED) is 0.152. The molecule has 0 aromatic carbocycles. The van der Waals surface area contributed by atoms with Crippen LogP contribution in [-0.2, 0) is 9.59 Å². The van der Waals surface area contributed by atoms with E-state index in [0.717, 1.165) is 19.4 Å². The number of hydrogen-bond acceptors (Lipinski definition) is 7. The highest BCUT2D eigenvalue weighted by atomic mass is 16.2. The molecule has 0 spiro atoms. The number of likely N-dealkylation sites (N-methyl/N-ethyl adjacent to an activating group) is 3. The van der Waals surface area contributed by atoms with E-state index in [-0.39, 0.29) is 36.5 Å². The first-order valence-electron chi connectivity index (χ1n) is 9.45. The molecule has 0 saturated heterocycles. The van der Waals surface area contributed by atoms with Crippen LogP contribution >= 0.6 is 0 Å². The molecule has 0 aromatic rings. The number of carbonyl (C=O) groups excluding carboxylic acids is 2. The lowest BCUT2D eigenvalue weighted by Gasteiger charge is -2.20. The SMILES string of the molecule is CNCCC[C@@H](CNC(=O)[C@H](CCCNC(=O)[C@H](CN)NC)NC)NC. The van der Waals surface area contributed by atoms with Crippen LogP contribution in [0.2, 0.25) is 0 Å². The molecule has 0 fully saturated rings. The average Bonchev–Trinajstić information content (AvgIpc) is 2.65. The van der Waals surface area contributed by atoms with Gasteiger partial charge in [-0.25, -0.2) is 0 Å². The fourth-order valence-electron chi connectivity index (χ4n) is 2.62. The normalized spacial score (nSPS) is 14.5. The Morgan fingerprint density at radius 2 is 1.42 bits per heavy atom. The maximum Gasteiger partial charge on any atom is 0.238 e. The van der Waals surface area contributed by atoms with Crippen molar-refractivity contribution < 1.29 is 9.59 Å². The van der Waals surface area contributed by atoms with Gasteiger partial charge in [-0.15, -0.1) is 0 Å². The molecule has 9 nitrogen and oxygen atoms in total. The summed E-state index contributed by atoms with van der Waals surface area (Å²) < 4.78 is 0. The van der Waals surface area contributed by atoms with Crippen LogP contribution in [0.3, 0.4) is 0 Å². The summed E-state index contributed by atoms with van der Waals surface area (Å²) in [5.41, 5.74) is 5.51. The minimum absolute atomic E-state index is 0.0113. The smallest absolute Gasteiger partial charge is 0.238 e. The summed E-state index contributed by atoms with van der Waals surface area (Å²) in [4.78, 5) is 24.1. The fourth-order valence-corrected chi connectivity index (χ4v) is 2.62. The van der Waals surface area contributed by atoms with E-state index in [0.29, 0.717) is 25.9 Å². The van der Waals surface area contributed by atoms with Gasteiger partial charge in [-0.3, -0.25) is 9.59 Å². The molecule has 154 valence electrons. The molecule has 3 atom stereocenters. The van der Waals surface area contributed by atoms with E-state index in [2.05, 4.69) is 31.9 Å². The predicted molar refractivity (Wildman–Crippen MR) is 106 cm³/mol. The molecule has 0 rings (SSSR count). The van der Waals surface area contributed by atoms with Crippen LogP contribution in [0.25, 0.3) is 0 Å². The van der Waals surface area contributed by atoms with Crippen LogP contribution in [-0.4, -0.2) is 84.3 Å². The number of nitrogens with two attached hydrogens (primary N) is 1. The summed E-state index contributed by atoms with van der Waals surface area (Å²) in [6.45, 7) is 2.35. The summed E-state index contributed by atoms with van der Waals surface area (Å²) in [6, 6.07) is -0.380. The summed E-state index contributed by atoms with van der Waals surface area (Å²) >= 11 is 0. The van der Waals surface area contributed by atoms with Gasteiger partial charge in [0.25, 0.3) is 0 Å². The zero-order chi connectivity index (χ0) is 19.8. The first kappa shape index (κ1) is 24.7. The van der Waals surface area contributed by atoms with Gasteiger partial charge >= 0.3 is 0 Å². The topological polar surface area (TPSA) is 132 Å². The van der Waals surface area contributed by atoms with E-state index in [9.17, 15) is 9.59 Å². The number of carbonyl (C=O) groups is 2. The van der Waals surface area contributed by atoms with E-state index in [1.807, 2.05) is 14.1 Å². The van der Waals surface area contributed by atoms with Crippen LogP contribution in [0.15, 0.2) is 0 Å². The van der Waals surface area contributed by atoms with Crippen molar-refractivity contribution in [3.8, 4) is 0 Å². The molecule has 8 N–H and O–H groups in total. The van der Waals surface area contributed by atoms with Gasteiger partial charge in [0.15, 0.2) is 0 Å². The van der Waals surface area contributed by atoms with Crippen molar-refractivity contribution >= 4 is 11.8 Å². The minimum Gasteiger partial charge on any atom is -0.355 e. The third kappa shape index (κ3) is 10.7. The second kappa shape index (κ2) is 16.0. The monoisotopic (exact) mass is 373 g/mol. The van der Waals surface area contributed by atoms with Gasteiger partial charge in [-0.05, 0) is 60.4 Å². The molecule has 0 aliphatic heterocycles. The van der Waals surface area contributed by atoms with Gasteiger partial charge in [0, 0.05) is 25.7 Å². The van der Waals surface area contributed by atoms with Crippen molar-refractivity contribution in [3.05, 3.63) is 0 Å². The molecule has 0 bridgehead atoms. The third-order valence-corrected chi connectivity index (χ3v) is 4.44. The standard InChI is InChI=1S/C17H39N7O2/c1-19-9-5-7-13(20-2)12-24-16(25)14(21-3)8-6-10-23-17(26)15(11-18)22-4/h13-15,19-22H,5-12,18H2,1-4H3,(H,23,26)(H,24,25)/t13-,14-,15-/m0/s1. The van der Waals surface area contributed by atoms with E-state index in [1.54, 1.807) is 14.1 Å². The van der Waals surface area contributed by atoms with E-state index in [1.165, 1.54) is 0 Å². The Labute approximate surface area is 158 Å². The van der Waals surface area contributed by atoms with Crippen molar-refractivity contribution in [3.63, 3.8) is 0 Å². The minimum atomic E-state index is -0.375. The van der Waals surface area contributed by atoms with Gasteiger partial charge in [-0.2, -0.15) is 0 Å². The molecular formula is C17H39N7O2. The lowest BCUT2D eigenvalue weighted by atomic mass is 10.1. The molecule has 0 radical (unpaired) electrons. The van der Waals surface area contributed by atoms with Gasteiger partial charge < -0.3 is 37.6 Å². The Morgan fingerprint density at radius 3 is 1.96 bits per heavy atom. The lowest BCUT2D eigenvalue weighted by molar-refractivity contribution is -0.123. The van der Waals surface area contributed by atoms with Crippen LogP contribution < -0.4 is 37.6 Å². The molecule has 0 heterocycles. The van der Waals surface area contributed by atoms with Crippen molar-refractivity contribution in [1.29, 1.82) is 0 Å². The Bertz CT molecular complexity index is 378. The molecular weight excluding hydrogens is 334 g/mol. The highest BCUT2D eigenvalue weighted by Gasteiger charge is 2.18. The van der Waals surface area contributed by atoms with E-state index >= 15 is 0 Å². The molecule has 2 amide bonds. The first-order chi connectivity index (χ1) is 12.5. The number of rotatable bonds is 16. The van der Waals surface area contributed by atoms with Crippen LogP contribution in [0.4, 0.5) is 0 Å². The van der Waals surface area contributed by atoms with Gasteiger partial charge in [0.2, 0.25) is 11.8 Å². The Morgan fingerprint density at radius 1 is 0.808 bits per heavy atom. The van der Waals surface area contributed by atoms with Crippen molar-refractivity contribution in [2.24, 2.45) is 5.73 Å². The molecule has 0 saturated carbocycles. The highest BCUT2D eigenvalue weighted by molar-refractivity contribution is 5.82. The largest absolute Gasteiger partial charge is 0.355 e. The number of nitrogens with one attached hydrogen (secondary N) is 6. The van der Waals surface area contributed by atoms with Crippen molar-refractivity contribution in [2.75, 3.05) is 54.4 Å². The summed E-state index contributed by atoms with van der Waals surface area (Å²) in [6.07, 6.45) is 3.42. The number of amides is 2. The predicted octanol–water partition coefficient (Wildman–Crippen LogP) is -2.28. The van der Waals surface area contributed by atoms with Gasteiger partial charge in [0.1, 0.15) is 0 Å². The van der Waals surface area contributed by atoms with Crippen molar-refractivity contribution in [2.45, 2.75) is 43.8 Å². The molecule has 0 aliphatic carbocycles. The molecule has 0 aliphatic rings. The van der Waals surface area contributed by atoms with Gasteiger partial charge in [-0.1, -0.05) is 0 Å². The Balaban J connectivity index is 4.10. The average molecular weight is 374 g/mol. The van der Waals surface area contributed by atoms with Crippen molar-refractivity contribution in [1.82, 2.24) is 31.9 Å². The zero-order valence-electron chi connectivity index (χ0n) is 16.8.